The third-order valence-corrected chi connectivity index (χ3v) is 5.29. The summed E-state index contributed by atoms with van der Waals surface area (Å²) < 4.78 is 35.2. The molecule has 0 aliphatic heterocycles. The van der Waals surface area contributed by atoms with Crippen LogP contribution in [0.3, 0.4) is 0 Å². The molecule has 5 nitrogen and oxygen atoms in total. The van der Waals surface area contributed by atoms with Crippen LogP contribution in [0.5, 0.6) is 0 Å². The average Bonchev–Trinajstić information content (AvgIpc) is 2.71. The summed E-state index contributed by atoms with van der Waals surface area (Å²) in [7, 11) is 1.31. The summed E-state index contributed by atoms with van der Waals surface area (Å²) >= 11 is 5.88. The molecule has 0 saturated heterocycles. The number of nitrogens with zero attached hydrogens (tertiary/aromatic N) is 1. The number of aromatic nitrogens is 1. The summed E-state index contributed by atoms with van der Waals surface area (Å²) in [6, 6.07) is 13.1. The second kappa shape index (κ2) is 10.6. The number of hydrogen-bond acceptors (Lipinski definition) is 5. The molecule has 3 aromatic rings. The molecule has 2 unspecified atom stereocenters. The predicted molar refractivity (Wildman–Crippen MR) is 123 cm³/mol. The van der Waals surface area contributed by atoms with Gasteiger partial charge in [-0.15, -0.1) is 0 Å². The van der Waals surface area contributed by atoms with Crippen LogP contribution in [-0.4, -0.2) is 16.9 Å². The second-order valence-electron chi connectivity index (χ2n) is 5.93. The van der Waals surface area contributed by atoms with E-state index in [0.29, 0.717) is 16.0 Å². The Morgan fingerprint density at radius 1 is 0.903 bits per heavy atom. The Morgan fingerprint density at radius 2 is 1.48 bits per heavy atom. The van der Waals surface area contributed by atoms with E-state index in [1.807, 2.05) is 18.2 Å². The molecule has 0 aliphatic rings. The molecule has 2 aromatic carbocycles. The zero-order valence-corrected chi connectivity index (χ0v) is 19.6. The molecule has 12 heteroatoms. The van der Waals surface area contributed by atoms with Crippen molar-refractivity contribution in [1.82, 2.24) is 4.98 Å². The maximum absolute atomic E-state index is 13.2. The van der Waals surface area contributed by atoms with Gasteiger partial charge in [0.05, 0.1) is 0 Å². The molecular weight excluding hydrogens is 504 g/mol. The predicted octanol–water partition coefficient (Wildman–Crippen LogP) is 8.59. The number of halogens is 3. The van der Waals surface area contributed by atoms with E-state index in [9.17, 15) is 18.0 Å². The van der Waals surface area contributed by atoms with Gasteiger partial charge in [0.2, 0.25) is 0 Å². The Balaban J connectivity index is 2.07. The molecule has 1 aromatic heterocycles. The van der Waals surface area contributed by atoms with Gasteiger partial charge in [-0.1, -0.05) is 11.6 Å². The molecule has 0 fully saturated rings. The number of benzene rings is 2. The average molecular weight is 514 g/mol. The SMILES string of the molecule is O=C(OP(F)#P)c1cc(C(=O)OP(F)#P)c2cc(/C=C/c3ccc(Cl)cc3)ccc2n1. The molecule has 156 valence electrons. The molecule has 0 aliphatic carbocycles. The molecule has 1 heterocycles. The molecule has 31 heavy (non-hydrogen) atoms. The summed E-state index contributed by atoms with van der Waals surface area (Å²) in [6.07, 6.45) is 3.62. The number of rotatable bonds is 4. The number of pyridine rings is 1. The Hall–Kier alpha value is -1.86. The summed E-state index contributed by atoms with van der Waals surface area (Å²) in [5, 5.41) is 0.917. The fourth-order valence-electron chi connectivity index (χ4n) is 2.62. The van der Waals surface area contributed by atoms with Gasteiger partial charge in [-0.3, -0.25) is 0 Å². The van der Waals surface area contributed by atoms with Crippen molar-refractivity contribution < 1.29 is 27.0 Å². The summed E-state index contributed by atoms with van der Waals surface area (Å²) in [4.78, 5) is 28.5. The van der Waals surface area contributed by atoms with E-state index in [0.717, 1.165) is 11.6 Å². The van der Waals surface area contributed by atoms with Gasteiger partial charge in [0.25, 0.3) is 0 Å². The van der Waals surface area contributed by atoms with Crippen LogP contribution >= 0.6 is 43.4 Å². The van der Waals surface area contributed by atoms with Crippen LogP contribution in [0.25, 0.3) is 23.1 Å². The summed E-state index contributed by atoms with van der Waals surface area (Å²) in [5.74, 6) is -2.16. The first-order chi connectivity index (χ1) is 14.7. The quantitative estimate of drug-likeness (QED) is 0.258. The first-order valence-corrected chi connectivity index (χ1v) is 13.3. The molecule has 0 amide bonds. The zero-order chi connectivity index (χ0) is 22.5. The topological polar surface area (TPSA) is 65.5 Å². The van der Waals surface area contributed by atoms with E-state index in [4.69, 9.17) is 11.6 Å². The zero-order valence-electron chi connectivity index (χ0n) is 15.3. The number of carbonyl (C=O) groups excluding carboxylic acids is 2. The van der Waals surface area contributed by atoms with Gasteiger partial charge in [0, 0.05) is 5.02 Å². The van der Waals surface area contributed by atoms with Crippen molar-refractivity contribution in [1.29, 1.82) is 0 Å². The van der Waals surface area contributed by atoms with Crippen molar-refractivity contribution in [3.63, 3.8) is 0 Å². The minimum atomic E-state index is -2.79. The number of carbonyl (C=O) groups is 2. The summed E-state index contributed by atoms with van der Waals surface area (Å²) in [5.41, 5.74) is 1.35. The van der Waals surface area contributed by atoms with Crippen LogP contribution in [-0.2, 0) is 9.05 Å². The van der Waals surface area contributed by atoms with E-state index < -0.39 is 27.1 Å². The van der Waals surface area contributed by atoms with Crippen molar-refractivity contribution in [2.75, 3.05) is 0 Å². The molecule has 0 bridgehead atoms. The first-order valence-electron chi connectivity index (χ1n) is 8.35. The van der Waals surface area contributed by atoms with Gasteiger partial charge in [0.1, 0.15) is 0 Å². The molecule has 0 spiro atoms. The van der Waals surface area contributed by atoms with Gasteiger partial charge in [-0.2, -0.15) is 0 Å². The normalized spacial score (nSPS) is 11.9. The van der Waals surface area contributed by atoms with Gasteiger partial charge in [-0.05, 0) is 0 Å². The number of fused-ring (bicyclic) bond motifs is 1. The molecule has 0 radical (unpaired) electrons. The fourth-order valence-corrected chi connectivity index (χ4v) is 3.66. The third kappa shape index (κ3) is 6.56. The number of hydrogen-bond donors (Lipinski definition) is 0. The molecule has 2 atom stereocenters. The van der Waals surface area contributed by atoms with Crippen molar-refractivity contribution >= 4 is 78.4 Å². The summed E-state index contributed by atoms with van der Waals surface area (Å²) in [6.45, 7) is 0. The fraction of sp³-hybridized carbons (Fsp3) is 0. The van der Waals surface area contributed by atoms with Crippen LogP contribution in [0.2, 0.25) is 5.02 Å². The van der Waals surface area contributed by atoms with Crippen molar-refractivity contribution in [2.24, 2.45) is 0 Å². The molecule has 0 saturated carbocycles. The third-order valence-electron chi connectivity index (χ3n) is 3.92. The van der Waals surface area contributed by atoms with Crippen molar-refractivity contribution in [3.8, 4) is 0 Å². The molecule has 0 N–H and O–H groups in total. The van der Waals surface area contributed by atoms with Gasteiger partial charge in [0.15, 0.2) is 0 Å². The monoisotopic (exact) mass is 513 g/mol. The first kappa shape index (κ1) is 23.8. The van der Waals surface area contributed by atoms with Gasteiger partial charge in [-0.25, -0.2) is 0 Å². The van der Waals surface area contributed by atoms with E-state index in [1.54, 1.807) is 36.4 Å². The van der Waals surface area contributed by atoms with Crippen LogP contribution in [0.4, 0.5) is 8.39 Å². The Kier molecular flexibility index (Phi) is 8.17. The Bertz CT molecular complexity index is 1360. The van der Waals surface area contributed by atoms with Gasteiger partial charge >= 0.3 is 170 Å². The Morgan fingerprint density at radius 3 is 2.13 bits per heavy atom. The van der Waals surface area contributed by atoms with Crippen LogP contribution in [0, 0.1) is 0 Å². The van der Waals surface area contributed by atoms with Crippen molar-refractivity contribution in [2.45, 2.75) is 0 Å². The maximum atomic E-state index is 13.2. The Labute approximate surface area is 186 Å². The van der Waals surface area contributed by atoms with Gasteiger partial charge < -0.3 is 0 Å². The van der Waals surface area contributed by atoms with E-state index >= 15 is 0 Å². The van der Waals surface area contributed by atoms with E-state index in [2.05, 4.69) is 30.7 Å². The molecular formula is C19H10ClF2NO4P4. The minimum absolute atomic E-state index is 0.139. The second-order valence-corrected chi connectivity index (χ2v) is 9.52. The van der Waals surface area contributed by atoms with Crippen LogP contribution in [0.15, 0.2) is 48.5 Å². The van der Waals surface area contributed by atoms with Crippen LogP contribution in [0.1, 0.15) is 32.0 Å². The standard InChI is InChI=1S/C19H10ClF2NO4P4/c20-13-6-3-11(4-7-13)1-2-12-5-8-16-14(9-12)15(18(24)26-30(21)28)10-17(23-16)19(25)27-31(22)29/h1-10H/b2-1+. The van der Waals surface area contributed by atoms with E-state index in [1.165, 1.54) is 0 Å². The van der Waals surface area contributed by atoms with E-state index in [-0.39, 0.29) is 16.8 Å². The van der Waals surface area contributed by atoms with Crippen LogP contribution < -0.4 is 0 Å². The van der Waals surface area contributed by atoms with Crippen molar-refractivity contribution in [3.05, 3.63) is 75.9 Å². The molecule has 3 rings (SSSR count).